The summed E-state index contributed by atoms with van der Waals surface area (Å²) in [5.74, 6) is 0.745. The fraction of sp³-hybridized carbons (Fsp3) is 0.611. The van der Waals surface area contributed by atoms with Crippen molar-refractivity contribution in [1.82, 2.24) is 4.90 Å². The Morgan fingerprint density at radius 2 is 1.76 bits per heavy atom. The molecule has 3 nitrogen and oxygen atoms in total. The highest BCUT2D eigenvalue weighted by molar-refractivity contribution is 5.76. The van der Waals surface area contributed by atoms with Crippen LogP contribution in [0.15, 0.2) is 24.3 Å². The molecule has 1 aromatic rings. The number of anilines is 1. The highest BCUT2D eigenvalue weighted by Gasteiger charge is 2.11. The van der Waals surface area contributed by atoms with E-state index in [1.165, 1.54) is 5.56 Å². The number of rotatable bonds is 9. The van der Waals surface area contributed by atoms with Gasteiger partial charge in [-0.1, -0.05) is 45.9 Å². The molecule has 1 aromatic carbocycles. The largest absolute Gasteiger partial charge is 0.384 e. The zero-order valence-electron chi connectivity index (χ0n) is 14.0. The first-order valence-corrected chi connectivity index (χ1v) is 8.20. The molecular weight excluding hydrogens is 260 g/mol. The normalized spacial score (nSPS) is 10.7. The van der Waals surface area contributed by atoms with Crippen LogP contribution >= 0.6 is 0 Å². The average molecular weight is 290 g/mol. The Kier molecular flexibility index (Phi) is 7.88. The number of para-hydroxylation sites is 1. The molecule has 0 aliphatic heterocycles. The lowest BCUT2D eigenvalue weighted by Gasteiger charge is -2.22. The van der Waals surface area contributed by atoms with E-state index in [1.807, 2.05) is 11.0 Å². The minimum absolute atomic E-state index is 0.258. The second kappa shape index (κ2) is 9.43. The van der Waals surface area contributed by atoms with Crippen molar-refractivity contribution in [2.75, 3.05) is 25.0 Å². The van der Waals surface area contributed by atoms with Crippen LogP contribution in [-0.2, 0) is 4.79 Å². The zero-order valence-corrected chi connectivity index (χ0v) is 14.0. The molecule has 1 rings (SSSR count). The molecule has 21 heavy (non-hydrogen) atoms. The summed E-state index contributed by atoms with van der Waals surface area (Å²) in [6, 6.07) is 8.34. The van der Waals surface area contributed by atoms with Crippen LogP contribution < -0.4 is 5.32 Å². The third-order valence-electron chi connectivity index (χ3n) is 3.58. The molecule has 0 aromatic heterocycles. The molecule has 0 spiro atoms. The molecule has 0 fully saturated rings. The minimum atomic E-state index is 0.258. The molecule has 0 radical (unpaired) electrons. The SMILES string of the molecule is CCCN(CCC)C(=O)CCNc1ccccc1C(C)C. The van der Waals surface area contributed by atoms with Gasteiger partial charge in [0.1, 0.15) is 0 Å². The molecular formula is C18H30N2O. The number of hydrogen-bond donors (Lipinski definition) is 1. The van der Waals surface area contributed by atoms with Crippen LogP contribution in [0.25, 0.3) is 0 Å². The number of hydrogen-bond acceptors (Lipinski definition) is 2. The second-order valence-electron chi connectivity index (χ2n) is 5.80. The standard InChI is InChI=1S/C18H30N2O/c1-5-13-20(14-6-2)18(21)11-12-19-17-10-8-7-9-16(17)15(3)4/h7-10,15,19H,5-6,11-14H2,1-4H3. The van der Waals surface area contributed by atoms with Gasteiger partial charge in [-0.3, -0.25) is 4.79 Å². The Balaban J connectivity index is 2.51. The summed E-state index contributed by atoms with van der Waals surface area (Å²) in [5.41, 5.74) is 2.46. The lowest BCUT2D eigenvalue weighted by atomic mass is 10.0. The van der Waals surface area contributed by atoms with Crippen LogP contribution in [-0.4, -0.2) is 30.4 Å². The van der Waals surface area contributed by atoms with Gasteiger partial charge >= 0.3 is 0 Å². The van der Waals surface area contributed by atoms with Crippen molar-refractivity contribution in [3.63, 3.8) is 0 Å². The fourth-order valence-corrected chi connectivity index (χ4v) is 2.52. The van der Waals surface area contributed by atoms with Crippen LogP contribution in [0.5, 0.6) is 0 Å². The highest BCUT2D eigenvalue weighted by atomic mass is 16.2. The molecule has 0 aliphatic carbocycles. The van der Waals surface area contributed by atoms with E-state index in [0.29, 0.717) is 18.9 Å². The lowest BCUT2D eigenvalue weighted by molar-refractivity contribution is -0.131. The van der Waals surface area contributed by atoms with E-state index in [2.05, 4.69) is 51.2 Å². The summed E-state index contributed by atoms with van der Waals surface area (Å²) in [7, 11) is 0. The van der Waals surface area contributed by atoms with Crippen LogP contribution in [0, 0.1) is 0 Å². The first-order valence-electron chi connectivity index (χ1n) is 8.20. The molecule has 1 amide bonds. The average Bonchev–Trinajstić information content (AvgIpc) is 2.47. The van der Waals surface area contributed by atoms with Crippen LogP contribution in [0.1, 0.15) is 58.4 Å². The Hall–Kier alpha value is -1.51. The molecule has 0 bridgehead atoms. The predicted molar refractivity (Wildman–Crippen MR) is 90.8 cm³/mol. The molecule has 1 N–H and O–H groups in total. The Morgan fingerprint density at radius 1 is 1.14 bits per heavy atom. The minimum Gasteiger partial charge on any atom is -0.384 e. The summed E-state index contributed by atoms with van der Waals surface area (Å²) < 4.78 is 0. The summed E-state index contributed by atoms with van der Waals surface area (Å²) >= 11 is 0. The van der Waals surface area contributed by atoms with E-state index < -0.39 is 0 Å². The molecule has 0 atom stereocenters. The maximum atomic E-state index is 12.2. The number of nitrogens with one attached hydrogen (secondary N) is 1. The molecule has 0 unspecified atom stereocenters. The topological polar surface area (TPSA) is 32.3 Å². The van der Waals surface area contributed by atoms with E-state index in [-0.39, 0.29) is 5.91 Å². The fourth-order valence-electron chi connectivity index (χ4n) is 2.52. The molecule has 0 saturated heterocycles. The van der Waals surface area contributed by atoms with Gasteiger partial charge in [-0.15, -0.1) is 0 Å². The van der Waals surface area contributed by atoms with Gasteiger partial charge in [0.25, 0.3) is 0 Å². The van der Waals surface area contributed by atoms with E-state index in [0.717, 1.165) is 31.6 Å². The van der Waals surface area contributed by atoms with Crippen molar-refractivity contribution in [2.45, 2.75) is 52.9 Å². The zero-order chi connectivity index (χ0) is 15.7. The predicted octanol–water partition coefficient (Wildman–Crippen LogP) is 4.26. The van der Waals surface area contributed by atoms with Crippen molar-refractivity contribution in [2.24, 2.45) is 0 Å². The van der Waals surface area contributed by atoms with Gasteiger partial charge in [0, 0.05) is 31.7 Å². The smallest absolute Gasteiger partial charge is 0.224 e. The van der Waals surface area contributed by atoms with Gasteiger partial charge in [0.15, 0.2) is 0 Å². The lowest BCUT2D eigenvalue weighted by Crippen LogP contribution is -2.33. The van der Waals surface area contributed by atoms with Crippen LogP contribution in [0.2, 0.25) is 0 Å². The Labute approximate surface area is 129 Å². The first-order chi connectivity index (χ1) is 10.1. The quantitative estimate of drug-likeness (QED) is 0.737. The second-order valence-corrected chi connectivity index (χ2v) is 5.80. The monoisotopic (exact) mass is 290 g/mol. The molecule has 0 aliphatic rings. The molecule has 3 heteroatoms. The molecule has 0 saturated carbocycles. The van der Waals surface area contributed by atoms with Crippen molar-refractivity contribution in [3.8, 4) is 0 Å². The maximum absolute atomic E-state index is 12.2. The van der Waals surface area contributed by atoms with Crippen molar-refractivity contribution in [1.29, 1.82) is 0 Å². The number of amides is 1. The summed E-state index contributed by atoms with van der Waals surface area (Å²) in [5, 5.41) is 3.42. The summed E-state index contributed by atoms with van der Waals surface area (Å²) in [4.78, 5) is 14.2. The van der Waals surface area contributed by atoms with E-state index >= 15 is 0 Å². The number of carbonyl (C=O) groups excluding carboxylic acids is 1. The van der Waals surface area contributed by atoms with Gasteiger partial charge in [-0.2, -0.15) is 0 Å². The van der Waals surface area contributed by atoms with Gasteiger partial charge in [-0.25, -0.2) is 0 Å². The van der Waals surface area contributed by atoms with Gasteiger partial charge in [0.2, 0.25) is 5.91 Å². The number of benzene rings is 1. The van der Waals surface area contributed by atoms with E-state index in [4.69, 9.17) is 0 Å². The number of nitrogens with zero attached hydrogens (tertiary/aromatic N) is 1. The van der Waals surface area contributed by atoms with Crippen molar-refractivity contribution < 1.29 is 4.79 Å². The molecule has 118 valence electrons. The Bertz CT molecular complexity index is 423. The van der Waals surface area contributed by atoms with Gasteiger partial charge in [0.05, 0.1) is 0 Å². The van der Waals surface area contributed by atoms with Crippen molar-refractivity contribution >= 4 is 11.6 Å². The van der Waals surface area contributed by atoms with E-state index in [9.17, 15) is 4.79 Å². The van der Waals surface area contributed by atoms with Crippen LogP contribution in [0.3, 0.4) is 0 Å². The third kappa shape index (κ3) is 5.78. The Morgan fingerprint density at radius 3 is 2.33 bits per heavy atom. The van der Waals surface area contributed by atoms with Gasteiger partial charge < -0.3 is 10.2 Å². The third-order valence-corrected chi connectivity index (χ3v) is 3.58. The maximum Gasteiger partial charge on any atom is 0.224 e. The number of carbonyl (C=O) groups is 1. The van der Waals surface area contributed by atoms with Gasteiger partial charge in [-0.05, 0) is 30.4 Å². The highest BCUT2D eigenvalue weighted by Crippen LogP contribution is 2.23. The summed E-state index contributed by atoms with van der Waals surface area (Å²) in [6.07, 6.45) is 2.61. The van der Waals surface area contributed by atoms with Crippen molar-refractivity contribution in [3.05, 3.63) is 29.8 Å². The summed E-state index contributed by atoms with van der Waals surface area (Å²) in [6.45, 7) is 11.1. The first kappa shape index (κ1) is 17.5. The van der Waals surface area contributed by atoms with Crippen LogP contribution in [0.4, 0.5) is 5.69 Å². The van der Waals surface area contributed by atoms with E-state index in [1.54, 1.807) is 0 Å². The molecule has 0 heterocycles.